The van der Waals surface area contributed by atoms with Crippen LogP contribution in [0.25, 0.3) is 0 Å². The maximum absolute atomic E-state index is 15.2. The predicted molar refractivity (Wildman–Crippen MR) is 177 cm³/mol. The van der Waals surface area contributed by atoms with Gasteiger partial charge in [0.25, 0.3) is 11.8 Å². The zero-order valence-electron chi connectivity index (χ0n) is 26.6. The van der Waals surface area contributed by atoms with Gasteiger partial charge in [-0.3, -0.25) is 29.5 Å². The number of carbonyl (C=O) groups excluding carboxylic acids is 4. The second-order valence-corrected chi connectivity index (χ2v) is 13.9. The van der Waals surface area contributed by atoms with Gasteiger partial charge in [-0.05, 0) is 90.9 Å². The number of hydrazine groups is 1. The summed E-state index contributed by atoms with van der Waals surface area (Å²) in [5.41, 5.74) is 4.58. The Hall–Kier alpha value is -4.96. The smallest absolute Gasteiger partial charge is 0.260 e. The molecule has 3 fully saturated rings. The molecule has 1 saturated carbocycles. The Morgan fingerprint density at radius 3 is 2.47 bits per heavy atom. The van der Waals surface area contributed by atoms with E-state index in [1.54, 1.807) is 42.7 Å². The number of likely N-dealkylation sites (tertiary alicyclic amines) is 1. The van der Waals surface area contributed by atoms with E-state index in [-0.39, 0.29) is 24.0 Å². The highest BCUT2D eigenvalue weighted by Gasteiger charge is 2.70. The molecule has 49 heavy (non-hydrogen) atoms. The highest BCUT2D eigenvalue weighted by atomic mass is 35.5. The van der Waals surface area contributed by atoms with Crippen molar-refractivity contribution in [3.63, 3.8) is 0 Å². The van der Waals surface area contributed by atoms with Crippen LogP contribution in [0.5, 0.6) is 11.5 Å². The van der Waals surface area contributed by atoms with Crippen LogP contribution >= 0.6 is 11.6 Å². The molecule has 5 aliphatic rings. The zero-order chi connectivity index (χ0) is 34.2. The van der Waals surface area contributed by atoms with Gasteiger partial charge < -0.3 is 9.84 Å². The zero-order valence-corrected chi connectivity index (χ0v) is 27.3. The molecule has 2 N–H and O–H groups in total. The number of anilines is 1. The molecule has 0 bridgehead atoms. The summed E-state index contributed by atoms with van der Waals surface area (Å²) < 4.78 is 20.0. The van der Waals surface area contributed by atoms with Crippen LogP contribution in [0.1, 0.15) is 37.3 Å². The average Bonchev–Trinajstić information content (AvgIpc) is 3.46. The van der Waals surface area contributed by atoms with Crippen LogP contribution in [0.15, 0.2) is 90.2 Å². The monoisotopic (exact) mass is 681 g/mol. The van der Waals surface area contributed by atoms with Crippen LogP contribution in [-0.2, 0) is 31.0 Å². The number of ether oxygens (including phenoxy) is 1. The van der Waals surface area contributed by atoms with Gasteiger partial charge in [0.15, 0.2) is 0 Å². The molecular weight excluding hydrogens is 649 g/mol. The molecule has 11 heteroatoms. The number of phenolic OH excluding ortho intramolecular Hbond substituents is 1. The fourth-order valence-corrected chi connectivity index (χ4v) is 9.11. The first-order valence-corrected chi connectivity index (χ1v) is 16.9. The van der Waals surface area contributed by atoms with Crippen molar-refractivity contribution in [3.8, 4) is 11.5 Å². The van der Waals surface area contributed by atoms with Crippen molar-refractivity contribution in [3.05, 3.63) is 112 Å². The number of halogens is 2. The number of rotatable bonds is 6. The summed E-state index contributed by atoms with van der Waals surface area (Å²) in [6.45, 7) is 2.24. The maximum atomic E-state index is 15.2. The second-order valence-electron chi connectivity index (χ2n) is 13.5. The number of nitrogens with zero attached hydrogens (tertiary/aromatic N) is 2. The van der Waals surface area contributed by atoms with E-state index in [0.717, 1.165) is 10.6 Å². The first kappa shape index (κ1) is 31.3. The van der Waals surface area contributed by atoms with Crippen LogP contribution in [-0.4, -0.2) is 45.2 Å². The second kappa shape index (κ2) is 11.6. The quantitative estimate of drug-likeness (QED) is 0.245. The molecule has 6 atom stereocenters. The van der Waals surface area contributed by atoms with Crippen LogP contribution in [0.4, 0.5) is 10.1 Å². The van der Waals surface area contributed by atoms with E-state index in [4.69, 9.17) is 16.3 Å². The van der Waals surface area contributed by atoms with Gasteiger partial charge in [-0.1, -0.05) is 42.3 Å². The summed E-state index contributed by atoms with van der Waals surface area (Å²) in [5.74, 6) is -4.72. The average molecular weight is 682 g/mol. The van der Waals surface area contributed by atoms with E-state index in [1.165, 1.54) is 35.2 Å². The highest BCUT2D eigenvalue weighted by Crippen LogP contribution is 2.63. The SMILES string of the molecule is CCCN1C(=O)[C@H]2[C@H](CC=C3[C@H](C4=COc5ccc(O)cc5C4)[C@]4(c5ccc(Cl)cc5)C(=O)N(Nc5ccc(F)cc5)C(=O)[C@@H]4C[C@H]32)C1=O. The molecule has 3 aliphatic heterocycles. The van der Waals surface area contributed by atoms with Crippen LogP contribution in [0.3, 0.4) is 0 Å². The molecule has 2 saturated heterocycles. The number of fused-ring (bicyclic) bond motifs is 5. The van der Waals surface area contributed by atoms with E-state index in [9.17, 15) is 23.9 Å². The number of hydrogen-bond donors (Lipinski definition) is 2. The lowest BCUT2D eigenvalue weighted by molar-refractivity contribution is -0.141. The molecule has 0 aromatic heterocycles. The Bertz CT molecular complexity index is 1980. The van der Waals surface area contributed by atoms with E-state index >= 15 is 4.79 Å². The van der Waals surface area contributed by atoms with Crippen molar-refractivity contribution in [1.82, 2.24) is 9.91 Å². The minimum Gasteiger partial charge on any atom is -0.508 e. The van der Waals surface area contributed by atoms with Crippen molar-refractivity contribution in [1.29, 1.82) is 0 Å². The van der Waals surface area contributed by atoms with Gasteiger partial charge in [0, 0.05) is 29.5 Å². The van der Waals surface area contributed by atoms with Crippen molar-refractivity contribution < 1.29 is 33.4 Å². The van der Waals surface area contributed by atoms with Gasteiger partial charge in [-0.25, -0.2) is 4.39 Å². The van der Waals surface area contributed by atoms with Crippen LogP contribution in [0.2, 0.25) is 5.02 Å². The van der Waals surface area contributed by atoms with Gasteiger partial charge in [-0.15, -0.1) is 0 Å². The fourth-order valence-electron chi connectivity index (χ4n) is 8.98. The standard InChI is InChI=1S/C38H33ClFN3O6/c1-2-15-42-34(45)28-13-12-27-29(32(28)36(42)47)18-30-35(46)43(41-25-9-7-24(40)8-10-25)37(48)38(30,22-3-5-23(39)6-4-22)33(27)21-16-20-17-26(44)11-14-31(20)49-19-21/h3-12,14,17,19,28-30,32-33,41,44H,2,13,15-16,18H2,1H3/t28-,29+,30-,32-,33-,38+/m0/s1. The Morgan fingerprint density at radius 2 is 1.73 bits per heavy atom. The molecule has 3 aromatic rings. The molecule has 9 nitrogen and oxygen atoms in total. The fraction of sp³-hybridized carbons (Fsp3) is 0.316. The first-order chi connectivity index (χ1) is 23.6. The van der Waals surface area contributed by atoms with Crippen molar-refractivity contribution >= 4 is 40.9 Å². The van der Waals surface area contributed by atoms with Crippen molar-refractivity contribution in [2.24, 2.45) is 29.6 Å². The number of aromatic hydroxyl groups is 1. The Balaban J connectivity index is 1.33. The number of nitrogens with one attached hydrogen (secondary N) is 1. The third-order valence-electron chi connectivity index (χ3n) is 10.9. The maximum Gasteiger partial charge on any atom is 0.260 e. The molecule has 3 aromatic carbocycles. The third-order valence-corrected chi connectivity index (χ3v) is 11.2. The lowest BCUT2D eigenvalue weighted by atomic mass is 9.48. The lowest BCUT2D eigenvalue weighted by Crippen LogP contribution is -2.55. The van der Waals surface area contributed by atoms with Crippen LogP contribution < -0.4 is 10.2 Å². The molecule has 4 amide bonds. The molecule has 0 radical (unpaired) electrons. The number of amides is 4. The number of hydrogen-bond acceptors (Lipinski definition) is 7. The predicted octanol–water partition coefficient (Wildman–Crippen LogP) is 5.93. The Kier molecular flexibility index (Phi) is 7.40. The minimum atomic E-state index is -1.50. The summed E-state index contributed by atoms with van der Waals surface area (Å²) in [7, 11) is 0. The molecule has 0 unspecified atom stereocenters. The highest BCUT2D eigenvalue weighted by molar-refractivity contribution is 6.30. The van der Waals surface area contributed by atoms with Crippen LogP contribution in [0, 0.1) is 35.4 Å². The first-order valence-electron chi connectivity index (χ1n) is 16.5. The molecule has 8 rings (SSSR count). The van der Waals surface area contributed by atoms with E-state index in [0.29, 0.717) is 59.0 Å². The molecule has 250 valence electrons. The van der Waals surface area contributed by atoms with Gasteiger partial charge in [0.05, 0.1) is 35.1 Å². The van der Waals surface area contributed by atoms with Gasteiger partial charge in [0.1, 0.15) is 17.3 Å². The minimum absolute atomic E-state index is 0.0583. The normalized spacial score (nSPS) is 28.7. The third kappa shape index (κ3) is 4.64. The molecule has 0 spiro atoms. The van der Waals surface area contributed by atoms with Crippen molar-refractivity contribution in [2.45, 2.75) is 38.0 Å². The number of benzene rings is 3. The summed E-state index contributed by atoms with van der Waals surface area (Å²) >= 11 is 6.36. The summed E-state index contributed by atoms with van der Waals surface area (Å²) in [4.78, 5) is 58.8. The Morgan fingerprint density at radius 1 is 0.980 bits per heavy atom. The molecular formula is C38H33ClFN3O6. The van der Waals surface area contributed by atoms with Gasteiger partial charge in [0.2, 0.25) is 11.8 Å². The van der Waals surface area contributed by atoms with E-state index < -0.39 is 52.6 Å². The summed E-state index contributed by atoms with van der Waals surface area (Å²) in [6, 6.07) is 17.1. The lowest BCUT2D eigenvalue weighted by Gasteiger charge is -2.51. The van der Waals surface area contributed by atoms with Crippen molar-refractivity contribution in [2.75, 3.05) is 12.0 Å². The largest absolute Gasteiger partial charge is 0.508 e. The van der Waals surface area contributed by atoms with Gasteiger partial charge >= 0.3 is 0 Å². The topological polar surface area (TPSA) is 116 Å². The van der Waals surface area contributed by atoms with E-state index in [2.05, 4.69) is 5.43 Å². The number of imide groups is 2. The Labute approximate surface area is 286 Å². The summed E-state index contributed by atoms with van der Waals surface area (Å²) in [6.07, 6.45) is 5.02. The molecule has 3 heterocycles. The van der Waals surface area contributed by atoms with E-state index in [1.807, 2.05) is 13.0 Å². The summed E-state index contributed by atoms with van der Waals surface area (Å²) in [5, 5.41) is 11.8. The number of carbonyl (C=O) groups is 4. The molecule has 2 aliphatic carbocycles. The van der Waals surface area contributed by atoms with Gasteiger partial charge in [-0.2, -0.15) is 5.01 Å². The number of phenols is 1. The number of allylic oxidation sites excluding steroid dienone is 3.